The molecule has 88 valence electrons. The van der Waals surface area contributed by atoms with Crippen LogP contribution in [-0.4, -0.2) is 17.6 Å². The smallest absolute Gasteiger partial charge is 0.224 e. The molecule has 1 amide bonds. The largest absolute Gasteiger partial charge is 0.392 e. The standard InChI is InChI=1S/C12H18N2O2/c13-8-4-3-7-12(16)14-11-6-2-1-5-10(11)9-15/h1-2,5-6,15H,3-4,7-9,13H2,(H,14,16). The number of hydrogen-bond acceptors (Lipinski definition) is 3. The van der Waals surface area contributed by atoms with Gasteiger partial charge in [-0.1, -0.05) is 18.2 Å². The molecule has 0 aliphatic rings. The zero-order chi connectivity index (χ0) is 11.8. The minimum Gasteiger partial charge on any atom is -0.392 e. The lowest BCUT2D eigenvalue weighted by atomic mass is 10.1. The summed E-state index contributed by atoms with van der Waals surface area (Å²) in [5.74, 6) is -0.0330. The fraction of sp³-hybridized carbons (Fsp3) is 0.417. The summed E-state index contributed by atoms with van der Waals surface area (Å²) in [7, 11) is 0. The molecule has 0 unspecified atom stereocenters. The van der Waals surface area contributed by atoms with Crippen molar-refractivity contribution in [3.05, 3.63) is 29.8 Å². The van der Waals surface area contributed by atoms with E-state index in [4.69, 9.17) is 10.8 Å². The zero-order valence-corrected chi connectivity index (χ0v) is 9.28. The summed E-state index contributed by atoms with van der Waals surface area (Å²) < 4.78 is 0. The summed E-state index contributed by atoms with van der Waals surface area (Å²) in [6.45, 7) is 0.541. The maximum atomic E-state index is 11.5. The van der Waals surface area contributed by atoms with Crippen molar-refractivity contribution in [3.63, 3.8) is 0 Å². The number of carbonyl (C=O) groups excluding carboxylic acids is 1. The van der Waals surface area contributed by atoms with Gasteiger partial charge in [-0.2, -0.15) is 0 Å². The fourth-order valence-corrected chi connectivity index (χ4v) is 1.42. The summed E-state index contributed by atoms with van der Waals surface area (Å²) in [6, 6.07) is 7.23. The van der Waals surface area contributed by atoms with Crippen molar-refractivity contribution in [1.29, 1.82) is 0 Å². The van der Waals surface area contributed by atoms with Crippen LogP contribution in [0, 0.1) is 0 Å². The number of carbonyl (C=O) groups is 1. The lowest BCUT2D eigenvalue weighted by Crippen LogP contribution is -2.13. The molecule has 0 aliphatic heterocycles. The van der Waals surface area contributed by atoms with Gasteiger partial charge in [-0.15, -0.1) is 0 Å². The van der Waals surface area contributed by atoms with E-state index in [1.165, 1.54) is 0 Å². The summed E-state index contributed by atoms with van der Waals surface area (Å²) in [6.07, 6.45) is 2.12. The summed E-state index contributed by atoms with van der Waals surface area (Å²) in [4.78, 5) is 11.5. The van der Waals surface area contributed by atoms with Crippen LogP contribution in [0.4, 0.5) is 5.69 Å². The molecule has 0 bridgehead atoms. The van der Waals surface area contributed by atoms with Gasteiger partial charge in [0.1, 0.15) is 0 Å². The van der Waals surface area contributed by atoms with Crippen LogP contribution in [0.1, 0.15) is 24.8 Å². The van der Waals surface area contributed by atoms with Gasteiger partial charge in [0, 0.05) is 17.7 Å². The van der Waals surface area contributed by atoms with Crippen LogP contribution in [0.25, 0.3) is 0 Å². The Morgan fingerprint density at radius 2 is 2.06 bits per heavy atom. The highest BCUT2D eigenvalue weighted by Crippen LogP contribution is 2.15. The molecule has 0 spiro atoms. The zero-order valence-electron chi connectivity index (χ0n) is 9.28. The van der Waals surface area contributed by atoms with Gasteiger partial charge in [0.25, 0.3) is 0 Å². The third-order valence-corrected chi connectivity index (χ3v) is 2.32. The van der Waals surface area contributed by atoms with Crippen LogP contribution >= 0.6 is 0 Å². The third kappa shape index (κ3) is 4.00. The van der Waals surface area contributed by atoms with Crippen molar-refractivity contribution < 1.29 is 9.90 Å². The first kappa shape index (κ1) is 12.7. The van der Waals surface area contributed by atoms with E-state index < -0.39 is 0 Å². The SMILES string of the molecule is NCCCCC(=O)Nc1ccccc1CO. The van der Waals surface area contributed by atoms with E-state index in [1.54, 1.807) is 12.1 Å². The van der Waals surface area contributed by atoms with Gasteiger partial charge >= 0.3 is 0 Å². The number of nitrogens with one attached hydrogen (secondary N) is 1. The lowest BCUT2D eigenvalue weighted by Gasteiger charge is -2.08. The number of nitrogens with two attached hydrogens (primary N) is 1. The average molecular weight is 222 g/mol. The van der Waals surface area contributed by atoms with Crippen molar-refractivity contribution >= 4 is 11.6 Å². The number of amides is 1. The molecular formula is C12H18N2O2. The molecule has 0 heterocycles. The number of unbranched alkanes of at least 4 members (excludes halogenated alkanes) is 1. The van der Waals surface area contributed by atoms with E-state index >= 15 is 0 Å². The number of hydrogen-bond donors (Lipinski definition) is 3. The Hall–Kier alpha value is -1.39. The monoisotopic (exact) mass is 222 g/mol. The Balaban J connectivity index is 2.49. The van der Waals surface area contributed by atoms with Gasteiger partial charge in [-0.25, -0.2) is 0 Å². The molecule has 0 atom stereocenters. The van der Waals surface area contributed by atoms with Crippen LogP contribution in [0.2, 0.25) is 0 Å². The Labute approximate surface area is 95.5 Å². The topological polar surface area (TPSA) is 75.4 Å². The summed E-state index contributed by atoms with van der Waals surface area (Å²) in [5, 5.41) is 11.9. The van der Waals surface area contributed by atoms with Crippen LogP contribution in [0.5, 0.6) is 0 Å². The normalized spacial score (nSPS) is 10.1. The average Bonchev–Trinajstić information content (AvgIpc) is 2.30. The predicted molar refractivity (Wildman–Crippen MR) is 63.9 cm³/mol. The molecule has 1 aromatic carbocycles. The van der Waals surface area contributed by atoms with Crippen molar-refractivity contribution in [1.82, 2.24) is 0 Å². The third-order valence-electron chi connectivity index (χ3n) is 2.32. The Bertz CT molecular complexity index is 340. The molecule has 1 rings (SSSR count). The molecule has 0 fully saturated rings. The van der Waals surface area contributed by atoms with Crippen LogP contribution < -0.4 is 11.1 Å². The molecule has 16 heavy (non-hydrogen) atoms. The van der Waals surface area contributed by atoms with E-state index in [2.05, 4.69) is 5.32 Å². The van der Waals surface area contributed by atoms with Gasteiger partial charge in [0.15, 0.2) is 0 Å². The molecule has 4 nitrogen and oxygen atoms in total. The van der Waals surface area contributed by atoms with Gasteiger partial charge in [-0.05, 0) is 25.5 Å². The number of rotatable bonds is 6. The van der Waals surface area contributed by atoms with Crippen molar-refractivity contribution in [2.45, 2.75) is 25.9 Å². The Morgan fingerprint density at radius 3 is 2.75 bits per heavy atom. The highest BCUT2D eigenvalue weighted by Gasteiger charge is 2.05. The van der Waals surface area contributed by atoms with Gasteiger partial charge < -0.3 is 16.2 Å². The second-order valence-corrected chi connectivity index (χ2v) is 3.61. The van der Waals surface area contributed by atoms with Crippen molar-refractivity contribution in [3.8, 4) is 0 Å². The molecule has 0 saturated heterocycles. The maximum absolute atomic E-state index is 11.5. The molecule has 0 saturated carbocycles. The van der Waals surface area contributed by atoms with Crippen molar-refractivity contribution in [2.24, 2.45) is 5.73 Å². The molecule has 4 heteroatoms. The Morgan fingerprint density at radius 1 is 1.31 bits per heavy atom. The van der Waals surface area contributed by atoms with Crippen LogP contribution in [-0.2, 0) is 11.4 Å². The van der Waals surface area contributed by atoms with Crippen molar-refractivity contribution in [2.75, 3.05) is 11.9 Å². The van der Waals surface area contributed by atoms with E-state index in [0.29, 0.717) is 18.7 Å². The molecule has 0 radical (unpaired) electrons. The van der Waals surface area contributed by atoms with E-state index in [1.807, 2.05) is 12.1 Å². The van der Waals surface area contributed by atoms with Crippen LogP contribution in [0.15, 0.2) is 24.3 Å². The van der Waals surface area contributed by atoms with E-state index in [9.17, 15) is 4.79 Å². The van der Waals surface area contributed by atoms with E-state index in [-0.39, 0.29) is 12.5 Å². The van der Waals surface area contributed by atoms with Gasteiger partial charge in [0.2, 0.25) is 5.91 Å². The quantitative estimate of drug-likeness (QED) is 0.634. The minimum absolute atomic E-state index is 0.0330. The highest BCUT2D eigenvalue weighted by molar-refractivity contribution is 5.91. The summed E-state index contributed by atoms with van der Waals surface area (Å²) in [5.41, 5.74) is 6.76. The second-order valence-electron chi connectivity index (χ2n) is 3.61. The Kier molecular flexibility index (Phi) is 5.53. The maximum Gasteiger partial charge on any atom is 0.224 e. The minimum atomic E-state index is -0.0702. The van der Waals surface area contributed by atoms with Gasteiger partial charge in [0.05, 0.1) is 6.61 Å². The number of anilines is 1. The molecule has 1 aromatic rings. The molecule has 4 N–H and O–H groups in total. The van der Waals surface area contributed by atoms with E-state index in [0.717, 1.165) is 18.4 Å². The number of aliphatic hydroxyl groups excluding tert-OH is 1. The highest BCUT2D eigenvalue weighted by atomic mass is 16.3. The summed E-state index contributed by atoms with van der Waals surface area (Å²) >= 11 is 0. The first-order valence-corrected chi connectivity index (χ1v) is 5.46. The second kappa shape index (κ2) is 6.98. The number of aliphatic hydroxyl groups is 1. The lowest BCUT2D eigenvalue weighted by molar-refractivity contribution is -0.116. The molecule has 0 aliphatic carbocycles. The molecule has 0 aromatic heterocycles. The van der Waals surface area contributed by atoms with Gasteiger partial charge in [-0.3, -0.25) is 4.79 Å². The van der Waals surface area contributed by atoms with Crippen LogP contribution in [0.3, 0.4) is 0 Å². The first-order chi connectivity index (χ1) is 7.77. The number of benzene rings is 1. The fourth-order valence-electron chi connectivity index (χ4n) is 1.42. The predicted octanol–water partition coefficient (Wildman–Crippen LogP) is 1.25. The first-order valence-electron chi connectivity index (χ1n) is 5.46. The molecular weight excluding hydrogens is 204 g/mol. The number of para-hydroxylation sites is 1.